The molecule has 2 aromatic heterocycles. The van der Waals surface area contributed by atoms with Crippen LogP contribution in [-0.2, 0) is 5.75 Å². The minimum atomic E-state index is -0.347. The number of aromatic nitrogens is 2. The minimum Gasteiger partial charge on any atom is -0.423 e. The van der Waals surface area contributed by atoms with Crippen molar-refractivity contribution in [3.8, 4) is 11.3 Å². The van der Waals surface area contributed by atoms with Gasteiger partial charge < -0.3 is 10.3 Å². The number of benzene rings is 2. The fourth-order valence-corrected chi connectivity index (χ4v) is 3.72. The summed E-state index contributed by atoms with van der Waals surface area (Å²) in [5.41, 5.74) is 4.05. The predicted molar refractivity (Wildman–Crippen MR) is 105 cm³/mol. The summed E-state index contributed by atoms with van der Waals surface area (Å²) in [6.07, 6.45) is 1.80. The smallest absolute Gasteiger partial charge is 0.336 e. The zero-order valence-corrected chi connectivity index (χ0v) is 15.0. The summed E-state index contributed by atoms with van der Waals surface area (Å²) in [5, 5.41) is 1.62. The normalized spacial score (nSPS) is 11.1. The van der Waals surface area contributed by atoms with Crippen molar-refractivity contribution in [2.24, 2.45) is 0 Å². The molecule has 0 saturated carbocycles. The second-order valence-corrected chi connectivity index (χ2v) is 7.00. The summed E-state index contributed by atoms with van der Waals surface area (Å²) in [6.45, 7) is 1.97. The molecule has 0 spiro atoms. The number of aryl methyl sites for hydroxylation is 1. The number of nitrogens with zero attached hydrogens (tertiary/aromatic N) is 2. The highest BCUT2D eigenvalue weighted by atomic mass is 32.2. The molecule has 26 heavy (non-hydrogen) atoms. The second-order valence-electron chi connectivity index (χ2n) is 6.06. The Morgan fingerprint density at radius 1 is 1.15 bits per heavy atom. The highest BCUT2D eigenvalue weighted by Crippen LogP contribution is 2.28. The molecule has 2 heterocycles. The van der Waals surface area contributed by atoms with Gasteiger partial charge in [0, 0.05) is 22.8 Å². The zero-order valence-electron chi connectivity index (χ0n) is 14.2. The van der Waals surface area contributed by atoms with Crippen molar-refractivity contribution in [1.29, 1.82) is 0 Å². The number of hydrogen-bond acceptors (Lipinski definition) is 5. The lowest BCUT2D eigenvalue weighted by molar-refractivity contribution is 0.559. The van der Waals surface area contributed by atoms with Crippen molar-refractivity contribution >= 4 is 22.7 Å². The SMILES string of the molecule is Cc1ccc2c(CSc3nc(-c4ccccc4)cn3N)cc(=O)oc2c1. The molecule has 0 radical (unpaired) electrons. The van der Waals surface area contributed by atoms with Crippen LogP contribution in [0.3, 0.4) is 0 Å². The first-order chi connectivity index (χ1) is 12.6. The largest absolute Gasteiger partial charge is 0.423 e. The summed E-state index contributed by atoms with van der Waals surface area (Å²) in [5.74, 6) is 6.64. The molecule has 2 N–H and O–H groups in total. The highest BCUT2D eigenvalue weighted by molar-refractivity contribution is 7.98. The van der Waals surface area contributed by atoms with Gasteiger partial charge >= 0.3 is 5.63 Å². The average Bonchev–Trinajstić information content (AvgIpc) is 3.00. The van der Waals surface area contributed by atoms with Crippen molar-refractivity contribution in [2.75, 3.05) is 5.84 Å². The van der Waals surface area contributed by atoms with Gasteiger partial charge in [-0.15, -0.1) is 0 Å². The standard InChI is InChI=1S/C20H17N3O2S/c1-13-7-8-16-15(10-19(24)25-18(16)9-13)12-26-20-22-17(11-23(20)21)14-5-3-2-4-6-14/h2-11H,12,21H2,1H3. The first-order valence-corrected chi connectivity index (χ1v) is 9.15. The number of thioether (sulfide) groups is 1. The second kappa shape index (κ2) is 6.72. The predicted octanol–water partition coefficient (Wildman–Crippen LogP) is 3.97. The van der Waals surface area contributed by atoms with Crippen molar-refractivity contribution in [1.82, 2.24) is 9.66 Å². The molecule has 4 aromatic rings. The maximum Gasteiger partial charge on any atom is 0.336 e. The summed E-state index contributed by atoms with van der Waals surface area (Å²) in [7, 11) is 0. The average molecular weight is 363 g/mol. The Kier molecular flexibility index (Phi) is 4.26. The molecule has 0 aliphatic rings. The van der Waals surface area contributed by atoms with E-state index in [4.69, 9.17) is 10.3 Å². The highest BCUT2D eigenvalue weighted by Gasteiger charge is 2.11. The van der Waals surface area contributed by atoms with Crippen molar-refractivity contribution < 1.29 is 4.42 Å². The minimum absolute atomic E-state index is 0.347. The molecular weight excluding hydrogens is 346 g/mol. The third-order valence-electron chi connectivity index (χ3n) is 4.11. The maximum absolute atomic E-state index is 11.9. The van der Waals surface area contributed by atoms with Crippen molar-refractivity contribution in [3.05, 3.63) is 82.3 Å². The van der Waals surface area contributed by atoms with Crippen LogP contribution in [0.1, 0.15) is 11.1 Å². The van der Waals surface area contributed by atoms with E-state index in [2.05, 4.69) is 4.98 Å². The first kappa shape index (κ1) is 16.5. The van der Waals surface area contributed by atoms with E-state index >= 15 is 0 Å². The molecule has 130 valence electrons. The van der Waals surface area contributed by atoms with E-state index in [1.807, 2.05) is 55.5 Å². The Labute approximate surface area is 154 Å². The Balaban J connectivity index is 1.63. The molecule has 0 fully saturated rings. The lowest BCUT2D eigenvalue weighted by atomic mass is 10.1. The van der Waals surface area contributed by atoms with E-state index in [9.17, 15) is 4.79 Å². The molecule has 2 aromatic carbocycles. The third-order valence-corrected chi connectivity index (χ3v) is 5.13. The van der Waals surface area contributed by atoms with E-state index in [0.29, 0.717) is 16.5 Å². The summed E-state index contributed by atoms with van der Waals surface area (Å²) in [6, 6.07) is 17.3. The number of nitrogen functional groups attached to an aromatic ring is 1. The van der Waals surface area contributed by atoms with Crippen LogP contribution >= 0.6 is 11.8 Å². The van der Waals surface area contributed by atoms with E-state index in [1.54, 1.807) is 6.20 Å². The molecule has 0 aliphatic heterocycles. The van der Waals surface area contributed by atoms with Gasteiger partial charge in [-0.2, -0.15) is 0 Å². The Hall–Kier alpha value is -2.99. The molecule has 0 aliphatic carbocycles. The molecule has 0 saturated heterocycles. The molecule has 0 atom stereocenters. The lowest BCUT2D eigenvalue weighted by Crippen LogP contribution is -2.08. The molecule has 0 unspecified atom stereocenters. The monoisotopic (exact) mass is 363 g/mol. The van der Waals surface area contributed by atoms with Crippen LogP contribution in [-0.4, -0.2) is 9.66 Å². The number of fused-ring (bicyclic) bond motifs is 1. The van der Waals surface area contributed by atoms with E-state index in [1.165, 1.54) is 22.5 Å². The third kappa shape index (κ3) is 3.23. The number of hydrogen-bond donors (Lipinski definition) is 1. The molecule has 0 amide bonds. The number of nitrogens with two attached hydrogens (primary N) is 1. The fraction of sp³-hybridized carbons (Fsp3) is 0.100. The first-order valence-electron chi connectivity index (χ1n) is 8.16. The van der Waals surface area contributed by atoms with Crippen LogP contribution < -0.4 is 11.5 Å². The van der Waals surface area contributed by atoms with Gasteiger partial charge in [0.15, 0.2) is 5.16 Å². The summed E-state index contributed by atoms with van der Waals surface area (Å²) in [4.78, 5) is 16.5. The Morgan fingerprint density at radius 3 is 2.77 bits per heavy atom. The van der Waals surface area contributed by atoms with Crippen molar-refractivity contribution in [3.63, 3.8) is 0 Å². The van der Waals surface area contributed by atoms with E-state index in [-0.39, 0.29) is 5.63 Å². The Morgan fingerprint density at radius 2 is 1.96 bits per heavy atom. The van der Waals surface area contributed by atoms with Gasteiger partial charge in [0.1, 0.15) is 5.58 Å². The van der Waals surface area contributed by atoms with E-state index < -0.39 is 0 Å². The van der Waals surface area contributed by atoms with Gasteiger partial charge in [0.2, 0.25) is 0 Å². The van der Waals surface area contributed by atoms with Gasteiger partial charge in [-0.25, -0.2) is 14.5 Å². The number of imidazole rings is 1. The van der Waals surface area contributed by atoms with Crippen LogP contribution in [0.2, 0.25) is 0 Å². The van der Waals surface area contributed by atoms with Crippen LogP contribution in [0.4, 0.5) is 0 Å². The van der Waals surface area contributed by atoms with Gasteiger partial charge in [-0.1, -0.05) is 54.2 Å². The molecule has 0 bridgehead atoms. The van der Waals surface area contributed by atoms with Crippen molar-refractivity contribution in [2.45, 2.75) is 17.8 Å². The van der Waals surface area contributed by atoms with Gasteiger partial charge in [-0.3, -0.25) is 0 Å². The van der Waals surface area contributed by atoms with Crippen LogP contribution in [0, 0.1) is 6.92 Å². The number of rotatable bonds is 4. The molecule has 6 heteroatoms. The quantitative estimate of drug-likeness (QED) is 0.337. The molecule has 4 rings (SSSR count). The van der Waals surface area contributed by atoms with Crippen LogP contribution in [0.15, 0.2) is 75.2 Å². The zero-order chi connectivity index (χ0) is 18.1. The van der Waals surface area contributed by atoms with E-state index in [0.717, 1.165) is 27.8 Å². The van der Waals surface area contributed by atoms with Gasteiger partial charge in [-0.05, 0) is 24.1 Å². The van der Waals surface area contributed by atoms with Crippen LogP contribution in [0.5, 0.6) is 0 Å². The van der Waals surface area contributed by atoms with Gasteiger partial charge in [0.25, 0.3) is 0 Å². The summed E-state index contributed by atoms with van der Waals surface area (Å²) >= 11 is 1.49. The fourth-order valence-electron chi connectivity index (χ4n) is 2.83. The lowest BCUT2D eigenvalue weighted by Gasteiger charge is -2.06. The van der Waals surface area contributed by atoms with Crippen LogP contribution in [0.25, 0.3) is 22.2 Å². The topological polar surface area (TPSA) is 74.1 Å². The summed E-state index contributed by atoms with van der Waals surface area (Å²) < 4.78 is 6.83. The van der Waals surface area contributed by atoms with Gasteiger partial charge in [0.05, 0.1) is 11.9 Å². The Bertz CT molecular complexity index is 1130. The molecule has 5 nitrogen and oxygen atoms in total. The molecular formula is C20H17N3O2S. The maximum atomic E-state index is 11.9.